The number of nitrogens with zero attached hydrogens (tertiary/aromatic N) is 1. The van der Waals surface area contributed by atoms with E-state index in [1.54, 1.807) is 6.26 Å². The van der Waals surface area contributed by atoms with E-state index in [0.29, 0.717) is 6.04 Å². The van der Waals surface area contributed by atoms with Crippen molar-refractivity contribution in [2.45, 2.75) is 39.3 Å². The molecule has 0 aromatic carbocycles. The summed E-state index contributed by atoms with van der Waals surface area (Å²) in [6.07, 6.45) is 3.86. The lowest BCUT2D eigenvalue weighted by atomic mass is 10.1. The van der Waals surface area contributed by atoms with Crippen molar-refractivity contribution in [3.63, 3.8) is 0 Å². The number of furan rings is 1. The Morgan fingerprint density at radius 3 is 2.80 bits per heavy atom. The Balaban J connectivity index is 2.30. The zero-order valence-corrected chi connectivity index (χ0v) is 9.99. The third-order valence-corrected chi connectivity index (χ3v) is 2.81. The van der Waals surface area contributed by atoms with Crippen molar-refractivity contribution >= 4 is 0 Å². The quantitative estimate of drug-likeness (QED) is 0.782. The Labute approximate surface area is 92.2 Å². The summed E-state index contributed by atoms with van der Waals surface area (Å²) in [4.78, 5) is 2.29. The van der Waals surface area contributed by atoms with E-state index in [4.69, 9.17) is 10.2 Å². The largest absolute Gasteiger partial charge is 0.469 e. The SMILES string of the molecule is CCC(N)CCN(C)Cc1ccoc1C. The maximum atomic E-state index is 5.88. The Morgan fingerprint density at radius 1 is 1.53 bits per heavy atom. The number of hydrogen-bond donors (Lipinski definition) is 1. The molecule has 1 atom stereocenters. The lowest BCUT2D eigenvalue weighted by molar-refractivity contribution is 0.307. The molecule has 3 nitrogen and oxygen atoms in total. The van der Waals surface area contributed by atoms with Crippen LogP contribution in [0.5, 0.6) is 0 Å². The average Bonchev–Trinajstić information content (AvgIpc) is 2.61. The van der Waals surface area contributed by atoms with Gasteiger partial charge in [-0.1, -0.05) is 6.92 Å². The van der Waals surface area contributed by atoms with Crippen molar-refractivity contribution < 1.29 is 4.42 Å². The van der Waals surface area contributed by atoms with E-state index in [1.807, 2.05) is 13.0 Å². The molecule has 0 aliphatic rings. The van der Waals surface area contributed by atoms with Crippen LogP contribution >= 0.6 is 0 Å². The first-order chi connectivity index (χ1) is 7.13. The van der Waals surface area contributed by atoms with Crippen LogP contribution in [0, 0.1) is 6.92 Å². The van der Waals surface area contributed by atoms with Crippen molar-refractivity contribution in [3.8, 4) is 0 Å². The molecule has 86 valence electrons. The molecule has 1 heterocycles. The van der Waals surface area contributed by atoms with E-state index in [2.05, 4.69) is 18.9 Å². The highest BCUT2D eigenvalue weighted by Crippen LogP contribution is 2.11. The summed E-state index contributed by atoms with van der Waals surface area (Å²) >= 11 is 0. The molecule has 0 saturated heterocycles. The van der Waals surface area contributed by atoms with Gasteiger partial charge in [0.2, 0.25) is 0 Å². The zero-order chi connectivity index (χ0) is 11.3. The van der Waals surface area contributed by atoms with E-state index >= 15 is 0 Å². The first-order valence-electron chi connectivity index (χ1n) is 5.60. The molecule has 1 aromatic rings. The average molecular weight is 210 g/mol. The van der Waals surface area contributed by atoms with Crippen LogP contribution in [0.15, 0.2) is 16.7 Å². The maximum absolute atomic E-state index is 5.88. The Kier molecular flexibility index (Phi) is 4.85. The molecule has 0 aliphatic carbocycles. The van der Waals surface area contributed by atoms with Crippen LogP contribution in [0.3, 0.4) is 0 Å². The van der Waals surface area contributed by atoms with Crippen LogP contribution in [-0.2, 0) is 6.54 Å². The molecular formula is C12H22N2O. The second kappa shape index (κ2) is 5.93. The summed E-state index contributed by atoms with van der Waals surface area (Å²) in [5, 5.41) is 0. The van der Waals surface area contributed by atoms with Crippen LogP contribution in [0.4, 0.5) is 0 Å². The molecule has 1 aromatic heterocycles. The Hall–Kier alpha value is -0.800. The van der Waals surface area contributed by atoms with Gasteiger partial charge in [0.05, 0.1) is 6.26 Å². The van der Waals surface area contributed by atoms with Crippen LogP contribution in [0.25, 0.3) is 0 Å². The minimum atomic E-state index is 0.331. The topological polar surface area (TPSA) is 42.4 Å². The van der Waals surface area contributed by atoms with Gasteiger partial charge >= 0.3 is 0 Å². The molecule has 0 aliphatic heterocycles. The van der Waals surface area contributed by atoms with Gasteiger partial charge in [0.25, 0.3) is 0 Å². The second-order valence-electron chi connectivity index (χ2n) is 4.20. The van der Waals surface area contributed by atoms with Crippen LogP contribution in [0.2, 0.25) is 0 Å². The molecule has 0 amide bonds. The molecule has 3 heteroatoms. The third-order valence-electron chi connectivity index (χ3n) is 2.81. The van der Waals surface area contributed by atoms with Gasteiger partial charge in [0.1, 0.15) is 5.76 Å². The molecule has 2 N–H and O–H groups in total. The van der Waals surface area contributed by atoms with Gasteiger partial charge in [0.15, 0.2) is 0 Å². The van der Waals surface area contributed by atoms with Crippen molar-refractivity contribution in [3.05, 3.63) is 23.7 Å². The zero-order valence-electron chi connectivity index (χ0n) is 9.99. The van der Waals surface area contributed by atoms with E-state index in [0.717, 1.165) is 31.7 Å². The maximum Gasteiger partial charge on any atom is 0.105 e. The predicted molar refractivity (Wildman–Crippen MR) is 62.7 cm³/mol. The number of rotatable bonds is 6. The molecule has 0 radical (unpaired) electrons. The van der Waals surface area contributed by atoms with E-state index in [1.165, 1.54) is 5.56 Å². The van der Waals surface area contributed by atoms with Gasteiger partial charge in [-0.25, -0.2) is 0 Å². The minimum Gasteiger partial charge on any atom is -0.469 e. The van der Waals surface area contributed by atoms with Gasteiger partial charge in [-0.05, 0) is 39.4 Å². The Bertz CT molecular complexity index is 283. The highest BCUT2D eigenvalue weighted by Gasteiger charge is 2.06. The summed E-state index contributed by atoms with van der Waals surface area (Å²) in [6, 6.07) is 2.36. The first-order valence-corrected chi connectivity index (χ1v) is 5.60. The van der Waals surface area contributed by atoms with Gasteiger partial charge in [-0.15, -0.1) is 0 Å². The smallest absolute Gasteiger partial charge is 0.105 e. The van der Waals surface area contributed by atoms with Crippen molar-refractivity contribution in [2.75, 3.05) is 13.6 Å². The second-order valence-corrected chi connectivity index (χ2v) is 4.20. The molecule has 1 rings (SSSR count). The minimum absolute atomic E-state index is 0.331. The molecule has 0 spiro atoms. The van der Waals surface area contributed by atoms with E-state index in [9.17, 15) is 0 Å². The fourth-order valence-corrected chi connectivity index (χ4v) is 1.54. The van der Waals surface area contributed by atoms with E-state index in [-0.39, 0.29) is 0 Å². The summed E-state index contributed by atoms with van der Waals surface area (Å²) in [6.45, 7) is 6.12. The van der Waals surface area contributed by atoms with Crippen LogP contribution in [-0.4, -0.2) is 24.5 Å². The molecule has 0 fully saturated rings. The van der Waals surface area contributed by atoms with Crippen LogP contribution < -0.4 is 5.73 Å². The summed E-state index contributed by atoms with van der Waals surface area (Å²) in [5.74, 6) is 1.02. The fourth-order valence-electron chi connectivity index (χ4n) is 1.54. The number of hydrogen-bond acceptors (Lipinski definition) is 3. The summed E-state index contributed by atoms with van der Waals surface area (Å²) in [5.41, 5.74) is 7.15. The highest BCUT2D eigenvalue weighted by molar-refractivity contribution is 5.14. The van der Waals surface area contributed by atoms with Crippen LogP contribution in [0.1, 0.15) is 31.1 Å². The standard InChI is InChI=1S/C12H22N2O/c1-4-12(13)5-7-14(3)9-11-6-8-15-10(11)2/h6,8,12H,4-5,7,9,13H2,1-3H3. The molecule has 0 saturated carbocycles. The third kappa shape index (κ3) is 4.06. The monoisotopic (exact) mass is 210 g/mol. The fraction of sp³-hybridized carbons (Fsp3) is 0.667. The molecule has 15 heavy (non-hydrogen) atoms. The van der Waals surface area contributed by atoms with Crippen molar-refractivity contribution in [1.82, 2.24) is 4.90 Å². The first kappa shape index (κ1) is 12.3. The molecular weight excluding hydrogens is 188 g/mol. The summed E-state index contributed by atoms with van der Waals surface area (Å²) in [7, 11) is 2.12. The molecule has 1 unspecified atom stereocenters. The van der Waals surface area contributed by atoms with Crippen molar-refractivity contribution in [1.29, 1.82) is 0 Å². The molecule has 0 bridgehead atoms. The van der Waals surface area contributed by atoms with E-state index < -0.39 is 0 Å². The number of nitrogens with two attached hydrogens (primary N) is 1. The normalized spacial score (nSPS) is 13.4. The summed E-state index contributed by atoms with van der Waals surface area (Å²) < 4.78 is 5.26. The van der Waals surface area contributed by atoms with Gasteiger partial charge in [0, 0.05) is 18.2 Å². The lowest BCUT2D eigenvalue weighted by Gasteiger charge is -2.18. The number of aryl methyl sites for hydroxylation is 1. The lowest BCUT2D eigenvalue weighted by Crippen LogP contribution is -2.27. The predicted octanol–water partition coefficient (Wildman–Crippen LogP) is 2.15. The van der Waals surface area contributed by atoms with Gasteiger partial charge in [-0.3, -0.25) is 0 Å². The van der Waals surface area contributed by atoms with Gasteiger partial charge < -0.3 is 15.1 Å². The highest BCUT2D eigenvalue weighted by atomic mass is 16.3. The van der Waals surface area contributed by atoms with Crippen molar-refractivity contribution in [2.24, 2.45) is 5.73 Å². The van der Waals surface area contributed by atoms with Gasteiger partial charge in [-0.2, -0.15) is 0 Å². The Morgan fingerprint density at radius 2 is 2.27 bits per heavy atom.